The van der Waals surface area contributed by atoms with Crippen LogP contribution in [-0.4, -0.2) is 37.9 Å². The van der Waals surface area contributed by atoms with Crippen molar-refractivity contribution in [2.75, 3.05) is 25.5 Å². The van der Waals surface area contributed by atoms with Gasteiger partial charge in [-0.3, -0.25) is 0 Å². The van der Waals surface area contributed by atoms with Gasteiger partial charge in [0.05, 0.1) is 17.7 Å². The second-order valence-corrected chi connectivity index (χ2v) is 9.63. The number of para-hydroxylation sites is 1. The Hall–Kier alpha value is -2.42. The van der Waals surface area contributed by atoms with Crippen LogP contribution in [0.5, 0.6) is 5.75 Å². The van der Waals surface area contributed by atoms with E-state index in [4.69, 9.17) is 4.74 Å². The molecule has 2 aromatic carbocycles. The average Bonchev–Trinajstić information content (AvgIpc) is 3.45. The molecule has 152 valence electrons. The largest absolute Gasteiger partial charge is 0.496 e. The van der Waals surface area contributed by atoms with Crippen LogP contribution in [0.25, 0.3) is 11.3 Å². The highest BCUT2D eigenvalue weighted by molar-refractivity contribution is 7.89. The fourth-order valence-electron chi connectivity index (χ4n) is 3.38. The monoisotopic (exact) mass is 429 g/mol. The molecule has 3 aromatic rings. The van der Waals surface area contributed by atoms with E-state index in [0.717, 1.165) is 40.5 Å². The van der Waals surface area contributed by atoms with Gasteiger partial charge in [0.2, 0.25) is 10.0 Å². The molecule has 0 atom stereocenters. The predicted molar refractivity (Wildman–Crippen MR) is 116 cm³/mol. The molecule has 29 heavy (non-hydrogen) atoms. The molecule has 0 amide bonds. The van der Waals surface area contributed by atoms with Crippen molar-refractivity contribution in [3.63, 3.8) is 0 Å². The lowest BCUT2D eigenvalue weighted by molar-refractivity contribution is 0.410. The van der Waals surface area contributed by atoms with Gasteiger partial charge in [-0.15, -0.1) is 11.3 Å². The maximum absolute atomic E-state index is 12.7. The van der Waals surface area contributed by atoms with Gasteiger partial charge in [0, 0.05) is 36.1 Å². The normalized spacial score (nSPS) is 14.8. The summed E-state index contributed by atoms with van der Waals surface area (Å²) in [6.07, 6.45) is 1.86. The SMILES string of the molecule is COc1ccccc1CNc1nc(-c2ccc(S(=O)(=O)N3CCCC3)cc2)cs1. The quantitative estimate of drug-likeness (QED) is 0.609. The lowest BCUT2D eigenvalue weighted by atomic mass is 10.2. The summed E-state index contributed by atoms with van der Waals surface area (Å²) < 4.78 is 32.2. The van der Waals surface area contributed by atoms with Crippen LogP contribution in [0.1, 0.15) is 18.4 Å². The van der Waals surface area contributed by atoms with Crippen molar-refractivity contribution in [2.24, 2.45) is 0 Å². The molecule has 1 aliphatic heterocycles. The molecule has 8 heteroatoms. The summed E-state index contributed by atoms with van der Waals surface area (Å²) in [6, 6.07) is 14.8. The first kappa shape index (κ1) is 19.9. The number of anilines is 1. The number of nitrogens with zero attached hydrogens (tertiary/aromatic N) is 2. The molecule has 1 N–H and O–H groups in total. The van der Waals surface area contributed by atoms with E-state index in [1.807, 2.05) is 41.8 Å². The Morgan fingerprint density at radius 1 is 1.10 bits per heavy atom. The number of methoxy groups -OCH3 is 1. The van der Waals surface area contributed by atoms with E-state index < -0.39 is 10.0 Å². The fraction of sp³-hybridized carbons (Fsp3) is 0.286. The molecule has 0 spiro atoms. The summed E-state index contributed by atoms with van der Waals surface area (Å²) in [6.45, 7) is 1.83. The summed E-state index contributed by atoms with van der Waals surface area (Å²) in [5.41, 5.74) is 2.78. The maximum atomic E-state index is 12.7. The molecule has 1 fully saturated rings. The van der Waals surface area contributed by atoms with E-state index in [1.165, 1.54) is 11.3 Å². The van der Waals surface area contributed by atoms with Gasteiger partial charge in [-0.25, -0.2) is 13.4 Å². The molecule has 1 saturated heterocycles. The number of nitrogens with one attached hydrogen (secondary N) is 1. The topological polar surface area (TPSA) is 71.5 Å². The van der Waals surface area contributed by atoms with Crippen LogP contribution in [-0.2, 0) is 16.6 Å². The van der Waals surface area contributed by atoms with Gasteiger partial charge in [0.1, 0.15) is 5.75 Å². The van der Waals surface area contributed by atoms with Gasteiger partial charge in [-0.1, -0.05) is 30.3 Å². The average molecular weight is 430 g/mol. The Balaban J connectivity index is 1.45. The first-order valence-electron chi connectivity index (χ1n) is 9.50. The molecule has 0 aliphatic carbocycles. The standard InChI is InChI=1S/C21H23N3O3S2/c1-27-20-7-3-2-6-17(20)14-22-21-23-19(15-28-21)16-8-10-18(11-9-16)29(25,26)24-12-4-5-13-24/h2-3,6-11,15H,4-5,12-14H2,1H3,(H,22,23). The molecule has 2 heterocycles. The molecule has 0 saturated carbocycles. The summed E-state index contributed by atoms with van der Waals surface area (Å²) in [5.74, 6) is 0.839. The first-order chi connectivity index (χ1) is 14.1. The molecule has 0 unspecified atom stereocenters. The lowest BCUT2D eigenvalue weighted by Gasteiger charge is -2.15. The van der Waals surface area contributed by atoms with Crippen LogP contribution in [0.2, 0.25) is 0 Å². The number of rotatable bonds is 7. The van der Waals surface area contributed by atoms with E-state index in [1.54, 1.807) is 23.5 Å². The third-order valence-electron chi connectivity index (χ3n) is 4.98. The molecule has 6 nitrogen and oxygen atoms in total. The second kappa shape index (κ2) is 8.52. The molecule has 1 aliphatic rings. The van der Waals surface area contributed by atoms with Gasteiger partial charge in [0.15, 0.2) is 5.13 Å². The van der Waals surface area contributed by atoms with Gasteiger partial charge >= 0.3 is 0 Å². The minimum atomic E-state index is -3.39. The van der Waals surface area contributed by atoms with Crippen LogP contribution in [0, 0.1) is 0 Å². The highest BCUT2D eigenvalue weighted by atomic mass is 32.2. The van der Waals surface area contributed by atoms with E-state index in [9.17, 15) is 8.42 Å². The van der Waals surface area contributed by atoms with Crippen LogP contribution >= 0.6 is 11.3 Å². The third kappa shape index (κ3) is 4.29. The zero-order chi connectivity index (χ0) is 20.3. The van der Waals surface area contributed by atoms with Crippen molar-refractivity contribution in [3.05, 3.63) is 59.5 Å². The Morgan fingerprint density at radius 3 is 2.55 bits per heavy atom. The zero-order valence-corrected chi connectivity index (χ0v) is 17.8. The van der Waals surface area contributed by atoms with Crippen LogP contribution in [0.15, 0.2) is 58.8 Å². The highest BCUT2D eigenvalue weighted by Crippen LogP contribution is 2.28. The number of ether oxygens (including phenoxy) is 1. The molecule has 0 bridgehead atoms. The Labute approximate surface area is 175 Å². The van der Waals surface area contributed by atoms with Crippen molar-refractivity contribution >= 4 is 26.5 Å². The number of hydrogen-bond acceptors (Lipinski definition) is 6. The number of aromatic nitrogens is 1. The van der Waals surface area contributed by atoms with Crippen molar-refractivity contribution < 1.29 is 13.2 Å². The van der Waals surface area contributed by atoms with Crippen LogP contribution in [0.4, 0.5) is 5.13 Å². The fourth-order valence-corrected chi connectivity index (χ4v) is 5.62. The number of benzene rings is 2. The molecule has 4 rings (SSSR count). The maximum Gasteiger partial charge on any atom is 0.243 e. The summed E-state index contributed by atoms with van der Waals surface area (Å²) in [7, 11) is -1.73. The van der Waals surface area contributed by atoms with E-state index in [0.29, 0.717) is 24.5 Å². The smallest absolute Gasteiger partial charge is 0.243 e. The first-order valence-corrected chi connectivity index (χ1v) is 11.8. The summed E-state index contributed by atoms with van der Waals surface area (Å²) in [4.78, 5) is 4.97. The second-order valence-electron chi connectivity index (χ2n) is 6.84. The Kier molecular flexibility index (Phi) is 5.84. The summed E-state index contributed by atoms with van der Waals surface area (Å²) >= 11 is 1.52. The molecular weight excluding hydrogens is 406 g/mol. The van der Waals surface area contributed by atoms with Gasteiger partial charge in [0.25, 0.3) is 0 Å². The van der Waals surface area contributed by atoms with E-state index in [-0.39, 0.29) is 0 Å². The number of sulfonamides is 1. The third-order valence-corrected chi connectivity index (χ3v) is 7.69. The van der Waals surface area contributed by atoms with Crippen molar-refractivity contribution in [1.82, 2.24) is 9.29 Å². The predicted octanol–water partition coefficient (Wildman–Crippen LogP) is 4.22. The van der Waals surface area contributed by atoms with Crippen LogP contribution < -0.4 is 10.1 Å². The van der Waals surface area contributed by atoms with E-state index in [2.05, 4.69) is 10.3 Å². The highest BCUT2D eigenvalue weighted by Gasteiger charge is 2.27. The minimum Gasteiger partial charge on any atom is -0.496 e. The minimum absolute atomic E-state index is 0.341. The van der Waals surface area contributed by atoms with Gasteiger partial charge in [-0.2, -0.15) is 4.31 Å². The van der Waals surface area contributed by atoms with Crippen LogP contribution in [0.3, 0.4) is 0 Å². The Bertz CT molecular complexity index is 1070. The number of thiazole rings is 1. The van der Waals surface area contributed by atoms with Gasteiger partial charge in [-0.05, 0) is 31.0 Å². The van der Waals surface area contributed by atoms with Crippen molar-refractivity contribution in [1.29, 1.82) is 0 Å². The molecule has 1 aromatic heterocycles. The van der Waals surface area contributed by atoms with E-state index >= 15 is 0 Å². The van der Waals surface area contributed by atoms with Crippen molar-refractivity contribution in [2.45, 2.75) is 24.3 Å². The zero-order valence-electron chi connectivity index (χ0n) is 16.2. The summed E-state index contributed by atoms with van der Waals surface area (Å²) in [5, 5.41) is 6.10. The molecule has 0 radical (unpaired) electrons. The lowest BCUT2D eigenvalue weighted by Crippen LogP contribution is -2.27. The molecular formula is C21H23N3O3S2. The Morgan fingerprint density at radius 2 is 1.83 bits per heavy atom. The number of hydrogen-bond donors (Lipinski definition) is 1. The van der Waals surface area contributed by atoms with Crippen molar-refractivity contribution in [3.8, 4) is 17.0 Å². The van der Waals surface area contributed by atoms with Gasteiger partial charge < -0.3 is 10.1 Å².